The maximum Gasteiger partial charge on any atom is 0.311 e. The average molecular weight is 356 g/mol. The summed E-state index contributed by atoms with van der Waals surface area (Å²) in [7, 11) is 0. The molecule has 7 heteroatoms. The lowest BCUT2D eigenvalue weighted by molar-refractivity contribution is -0.385. The SMILES string of the molecule is Cc1ccc(Oc2ccc(OC3CCCCNC3=O)cc2)c([N+](=O)[O-])c1. The van der Waals surface area contributed by atoms with Crippen LogP contribution in [0.1, 0.15) is 24.8 Å². The molecule has 1 heterocycles. The highest BCUT2D eigenvalue weighted by Crippen LogP contribution is 2.32. The standard InChI is InChI=1S/C19H20N2O5/c1-13-5-10-17(16(12-13)21(23)24)25-14-6-8-15(9-7-14)26-18-4-2-3-11-20-19(18)22/h5-10,12,18H,2-4,11H2,1H3,(H,20,22). The molecule has 0 spiro atoms. The number of hydrogen-bond acceptors (Lipinski definition) is 5. The number of carbonyl (C=O) groups excluding carboxylic acids is 1. The maximum absolute atomic E-state index is 11.9. The Labute approximate surface area is 151 Å². The molecule has 0 aliphatic carbocycles. The Morgan fingerprint density at radius 3 is 2.58 bits per heavy atom. The molecular weight excluding hydrogens is 336 g/mol. The second kappa shape index (κ2) is 7.86. The third kappa shape index (κ3) is 4.30. The smallest absolute Gasteiger partial charge is 0.311 e. The number of nitrogens with zero attached hydrogens (tertiary/aromatic N) is 1. The Bertz CT molecular complexity index is 804. The Balaban J connectivity index is 1.70. The molecule has 1 unspecified atom stereocenters. The summed E-state index contributed by atoms with van der Waals surface area (Å²) in [5.74, 6) is 1.09. The number of ether oxygens (including phenoxy) is 2. The van der Waals surface area contributed by atoms with Crippen molar-refractivity contribution in [2.45, 2.75) is 32.3 Å². The fourth-order valence-corrected chi connectivity index (χ4v) is 2.76. The van der Waals surface area contributed by atoms with Crippen molar-refractivity contribution in [3.8, 4) is 17.2 Å². The van der Waals surface area contributed by atoms with E-state index in [4.69, 9.17) is 9.47 Å². The minimum Gasteiger partial charge on any atom is -0.481 e. The number of nitro groups is 1. The number of nitrogens with one attached hydrogen (secondary N) is 1. The lowest BCUT2D eigenvalue weighted by Gasteiger charge is -2.16. The fraction of sp³-hybridized carbons (Fsp3) is 0.316. The summed E-state index contributed by atoms with van der Waals surface area (Å²) in [6.07, 6.45) is 2.07. The fourth-order valence-electron chi connectivity index (χ4n) is 2.76. The van der Waals surface area contributed by atoms with Crippen molar-refractivity contribution < 1.29 is 19.2 Å². The predicted molar refractivity (Wildman–Crippen MR) is 95.6 cm³/mol. The summed E-state index contributed by atoms with van der Waals surface area (Å²) in [5.41, 5.74) is 0.704. The van der Waals surface area contributed by atoms with E-state index in [2.05, 4.69) is 5.32 Å². The summed E-state index contributed by atoms with van der Waals surface area (Å²) in [6, 6.07) is 11.5. The molecule has 1 saturated heterocycles. The van der Waals surface area contributed by atoms with E-state index in [1.165, 1.54) is 6.07 Å². The van der Waals surface area contributed by atoms with Crippen molar-refractivity contribution in [3.05, 3.63) is 58.1 Å². The zero-order valence-corrected chi connectivity index (χ0v) is 14.4. The van der Waals surface area contributed by atoms with Crippen LogP contribution in [0.25, 0.3) is 0 Å². The molecule has 2 aromatic carbocycles. The second-order valence-electron chi connectivity index (χ2n) is 6.20. The van der Waals surface area contributed by atoms with Crippen molar-refractivity contribution in [1.29, 1.82) is 0 Å². The third-order valence-corrected chi connectivity index (χ3v) is 4.13. The molecule has 136 valence electrons. The van der Waals surface area contributed by atoms with E-state index in [-0.39, 0.29) is 17.3 Å². The molecule has 3 rings (SSSR count). The number of benzene rings is 2. The highest BCUT2D eigenvalue weighted by atomic mass is 16.6. The first kappa shape index (κ1) is 17.7. The number of nitro benzene ring substituents is 1. The molecule has 0 bridgehead atoms. The van der Waals surface area contributed by atoms with Gasteiger partial charge in [0.05, 0.1) is 4.92 Å². The van der Waals surface area contributed by atoms with Crippen molar-refractivity contribution >= 4 is 11.6 Å². The molecule has 1 aliphatic rings. The lowest BCUT2D eigenvalue weighted by Crippen LogP contribution is -2.36. The van der Waals surface area contributed by atoms with Crippen LogP contribution in [-0.2, 0) is 4.79 Å². The number of amides is 1. The monoisotopic (exact) mass is 356 g/mol. The molecule has 0 saturated carbocycles. The van der Waals surface area contributed by atoms with Gasteiger partial charge in [-0.05, 0) is 62.1 Å². The van der Waals surface area contributed by atoms with E-state index in [1.807, 2.05) is 0 Å². The Morgan fingerprint density at radius 2 is 1.85 bits per heavy atom. The highest BCUT2D eigenvalue weighted by molar-refractivity contribution is 5.81. The average Bonchev–Trinajstić information content (AvgIpc) is 2.82. The first-order chi connectivity index (χ1) is 12.5. The van der Waals surface area contributed by atoms with Crippen molar-refractivity contribution in [3.63, 3.8) is 0 Å². The molecule has 0 radical (unpaired) electrons. The van der Waals surface area contributed by atoms with Gasteiger partial charge in [-0.25, -0.2) is 0 Å². The third-order valence-electron chi connectivity index (χ3n) is 4.13. The van der Waals surface area contributed by atoms with E-state index in [0.29, 0.717) is 24.5 Å². The predicted octanol–water partition coefficient (Wildman–Crippen LogP) is 3.74. The molecular formula is C19H20N2O5. The molecule has 0 aromatic heterocycles. The summed E-state index contributed by atoms with van der Waals surface area (Å²) in [6.45, 7) is 2.47. The lowest BCUT2D eigenvalue weighted by atomic mass is 10.2. The van der Waals surface area contributed by atoms with Gasteiger partial charge in [-0.15, -0.1) is 0 Å². The molecule has 1 atom stereocenters. The van der Waals surface area contributed by atoms with E-state index < -0.39 is 11.0 Å². The number of carbonyl (C=O) groups is 1. The van der Waals surface area contributed by atoms with E-state index in [9.17, 15) is 14.9 Å². The van der Waals surface area contributed by atoms with Crippen molar-refractivity contribution in [2.75, 3.05) is 6.54 Å². The van der Waals surface area contributed by atoms with Gasteiger partial charge < -0.3 is 14.8 Å². The molecule has 1 N–H and O–H groups in total. The van der Waals surface area contributed by atoms with Crippen molar-refractivity contribution in [1.82, 2.24) is 5.32 Å². The van der Waals surface area contributed by atoms with Gasteiger partial charge >= 0.3 is 5.69 Å². The minimum absolute atomic E-state index is 0.0829. The van der Waals surface area contributed by atoms with Gasteiger partial charge in [0.15, 0.2) is 6.10 Å². The van der Waals surface area contributed by atoms with Crippen LogP contribution < -0.4 is 14.8 Å². The van der Waals surface area contributed by atoms with Crippen LogP contribution in [0.3, 0.4) is 0 Å². The molecule has 1 fully saturated rings. The van der Waals surface area contributed by atoms with Gasteiger partial charge in [0.2, 0.25) is 5.75 Å². The number of rotatable bonds is 5. The van der Waals surface area contributed by atoms with Gasteiger partial charge in [0, 0.05) is 12.6 Å². The Hall–Kier alpha value is -3.09. The summed E-state index contributed by atoms with van der Waals surface area (Å²) in [5, 5.41) is 14.0. The second-order valence-corrected chi connectivity index (χ2v) is 6.20. The highest BCUT2D eigenvalue weighted by Gasteiger charge is 2.22. The van der Waals surface area contributed by atoms with E-state index in [1.54, 1.807) is 43.3 Å². The summed E-state index contributed by atoms with van der Waals surface area (Å²) >= 11 is 0. The molecule has 2 aromatic rings. The number of aryl methyl sites for hydroxylation is 1. The van der Waals surface area contributed by atoms with Gasteiger partial charge in [0.1, 0.15) is 11.5 Å². The Morgan fingerprint density at radius 1 is 1.12 bits per heavy atom. The van der Waals surface area contributed by atoms with Crippen LogP contribution in [0.2, 0.25) is 0 Å². The van der Waals surface area contributed by atoms with Crippen LogP contribution in [-0.4, -0.2) is 23.5 Å². The maximum atomic E-state index is 11.9. The van der Waals surface area contributed by atoms with Crippen LogP contribution >= 0.6 is 0 Å². The summed E-state index contributed by atoms with van der Waals surface area (Å²) in [4.78, 5) is 22.6. The number of hydrogen-bond donors (Lipinski definition) is 1. The van der Waals surface area contributed by atoms with Gasteiger partial charge in [-0.3, -0.25) is 14.9 Å². The first-order valence-corrected chi connectivity index (χ1v) is 8.50. The molecule has 7 nitrogen and oxygen atoms in total. The van der Waals surface area contributed by atoms with Gasteiger partial charge in [0.25, 0.3) is 5.91 Å². The van der Waals surface area contributed by atoms with Crippen LogP contribution in [0, 0.1) is 17.0 Å². The minimum atomic E-state index is -0.498. The zero-order chi connectivity index (χ0) is 18.5. The normalized spacial score (nSPS) is 17.1. The largest absolute Gasteiger partial charge is 0.481 e. The topological polar surface area (TPSA) is 90.7 Å². The summed E-state index contributed by atoms with van der Waals surface area (Å²) < 4.78 is 11.4. The first-order valence-electron chi connectivity index (χ1n) is 8.50. The van der Waals surface area contributed by atoms with Crippen molar-refractivity contribution in [2.24, 2.45) is 0 Å². The van der Waals surface area contributed by atoms with Crippen LogP contribution in [0.4, 0.5) is 5.69 Å². The van der Waals surface area contributed by atoms with Gasteiger partial charge in [-0.1, -0.05) is 6.07 Å². The van der Waals surface area contributed by atoms with E-state index >= 15 is 0 Å². The van der Waals surface area contributed by atoms with Gasteiger partial charge in [-0.2, -0.15) is 0 Å². The van der Waals surface area contributed by atoms with Crippen LogP contribution in [0.15, 0.2) is 42.5 Å². The van der Waals surface area contributed by atoms with Crippen LogP contribution in [0.5, 0.6) is 17.2 Å². The Kier molecular flexibility index (Phi) is 5.36. The quantitative estimate of drug-likeness (QED) is 0.651. The molecule has 26 heavy (non-hydrogen) atoms. The molecule has 1 aliphatic heterocycles. The van der Waals surface area contributed by atoms with E-state index in [0.717, 1.165) is 18.4 Å². The molecule has 1 amide bonds. The zero-order valence-electron chi connectivity index (χ0n) is 14.4.